The summed E-state index contributed by atoms with van der Waals surface area (Å²) in [6.45, 7) is 2.30. The lowest BCUT2D eigenvalue weighted by atomic mass is 9.90. The highest BCUT2D eigenvalue weighted by Gasteiger charge is 2.21. The number of nitrogens with one attached hydrogen (secondary N) is 1. The summed E-state index contributed by atoms with van der Waals surface area (Å²) in [6, 6.07) is 11.9. The molecule has 1 aromatic carbocycles. The van der Waals surface area contributed by atoms with E-state index in [0.29, 0.717) is 28.6 Å². The highest BCUT2D eigenvalue weighted by molar-refractivity contribution is 7.98. The predicted octanol–water partition coefficient (Wildman–Crippen LogP) is 4.73. The molecule has 31 heavy (non-hydrogen) atoms. The van der Waals surface area contributed by atoms with E-state index in [-0.39, 0.29) is 5.95 Å². The minimum absolute atomic E-state index is 0.161. The SMILES string of the molecule is CC1CCc2sc(-c3nnc(SCc4nc(N)nc(Nc5ccccc5)n4)o3)cc2C1. The molecule has 1 unspecified atom stereocenters. The van der Waals surface area contributed by atoms with Crippen molar-refractivity contribution in [2.24, 2.45) is 5.92 Å². The van der Waals surface area contributed by atoms with Crippen LogP contribution in [-0.2, 0) is 18.6 Å². The fraction of sp³-hybridized carbons (Fsp3) is 0.286. The van der Waals surface area contributed by atoms with Crippen molar-refractivity contribution in [1.82, 2.24) is 25.1 Å². The van der Waals surface area contributed by atoms with Gasteiger partial charge in [0.05, 0.1) is 10.6 Å². The average molecular weight is 452 g/mol. The number of anilines is 3. The number of hydrogen-bond acceptors (Lipinski definition) is 10. The number of para-hydroxylation sites is 1. The molecular formula is C21H21N7OS2. The molecule has 0 spiro atoms. The summed E-state index contributed by atoms with van der Waals surface area (Å²) in [4.78, 5) is 15.3. The lowest BCUT2D eigenvalue weighted by molar-refractivity contribution is 0.466. The monoisotopic (exact) mass is 451 g/mol. The van der Waals surface area contributed by atoms with Gasteiger partial charge in [-0.2, -0.15) is 15.0 Å². The molecule has 0 aliphatic heterocycles. The molecule has 0 radical (unpaired) electrons. The van der Waals surface area contributed by atoms with Gasteiger partial charge in [-0.05, 0) is 48.9 Å². The fourth-order valence-corrected chi connectivity index (χ4v) is 5.26. The quantitative estimate of drug-likeness (QED) is 0.401. The van der Waals surface area contributed by atoms with Gasteiger partial charge >= 0.3 is 0 Å². The number of aromatic nitrogens is 5. The normalized spacial score (nSPS) is 15.6. The Morgan fingerprint density at radius 2 is 2.06 bits per heavy atom. The molecular weight excluding hydrogens is 430 g/mol. The van der Waals surface area contributed by atoms with Crippen molar-refractivity contribution in [3.63, 3.8) is 0 Å². The lowest BCUT2D eigenvalue weighted by Crippen LogP contribution is -2.07. The number of hydrogen-bond donors (Lipinski definition) is 2. The minimum Gasteiger partial charge on any atom is -0.410 e. The van der Waals surface area contributed by atoms with Gasteiger partial charge in [-0.25, -0.2) is 0 Å². The first-order valence-corrected chi connectivity index (χ1v) is 11.8. The Labute approximate surface area is 187 Å². The van der Waals surface area contributed by atoms with E-state index in [9.17, 15) is 0 Å². The Kier molecular flexibility index (Phi) is 5.56. The average Bonchev–Trinajstić information content (AvgIpc) is 3.39. The van der Waals surface area contributed by atoms with E-state index >= 15 is 0 Å². The molecule has 1 atom stereocenters. The van der Waals surface area contributed by atoms with Gasteiger partial charge in [-0.15, -0.1) is 21.5 Å². The summed E-state index contributed by atoms with van der Waals surface area (Å²) in [6.07, 6.45) is 3.51. The number of nitrogen functional groups attached to an aromatic ring is 1. The highest BCUT2D eigenvalue weighted by Crippen LogP contribution is 2.37. The highest BCUT2D eigenvalue weighted by atomic mass is 32.2. The first-order chi connectivity index (χ1) is 15.1. The fourth-order valence-electron chi connectivity index (χ4n) is 3.51. The molecule has 1 aliphatic rings. The molecule has 3 N–H and O–H groups in total. The van der Waals surface area contributed by atoms with Crippen molar-refractivity contribution in [3.05, 3.63) is 52.7 Å². The van der Waals surface area contributed by atoms with E-state index in [1.807, 2.05) is 30.3 Å². The second kappa shape index (κ2) is 8.64. The number of nitrogens with two attached hydrogens (primary N) is 1. The first kappa shape index (κ1) is 20.0. The largest absolute Gasteiger partial charge is 0.410 e. The molecule has 8 nitrogen and oxygen atoms in total. The van der Waals surface area contributed by atoms with Crippen LogP contribution in [0.5, 0.6) is 0 Å². The minimum atomic E-state index is 0.161. The zero-order chi connectivity index (χ0) is 21.2. The number of thioether (sulfide) groups is 1. The van der Waals surface area contributed by atoms with Gasteiger partial charge < -0.3 is 15.5 Å². The van der Waals surface area contributed by atoms with Crippen LogP contribution in [0.2, 0.25) is 0 Å². The van der Waals surface area contributed by atoms with Crippen LogP contribution < -0.4 is 11.1 Å². The third-order valence-electron chi connectivity index (χ3n) is 5.00. The maximum Gasteiger partial charge on any atom is 0.277 e. The van der Waals surface area contributed by atoms with E-state index in [4.69, 9.17) is 10.2 Å². The maximum atomic E-state index is 5.89. The van der Waals surface area contributed by atoms with Crippen LogP contribution in [0.4, 0.5) is 17.6 Å². The topological polar surface area (TPSA) is 116 Å². The summed E-state index contributed by atoms with van der Waals surface area (Å²) in [5.74, 6) is 2.84. The zero-order valence-electron chi connectivity index (χ0n) is 16.9. The smallest absolute Gasteiger partial charge is 0.277 e. The molecule has 0 saturated heterocycles. The molecule has 10 heteroatoms. The Morgan fingerprint density at radius 3 is 2.94 bits per heavy atom. The van der Waals surface area contributed by atoms with E-state index < -0.39 is 0 Å². The molecule has 0 amide bonds. The molecule has 3 aromatic heterocycles. The van der Waals surface area contributed by atoms with Crippen LogP contribution >= 0.6 is 23.1 Å². The Balaban J connectivity index is 1.26. The molecule has 5 rings (SSSR count). The Morgan fingerprint density at radius 1 is 1.19 bits per heavy atom. The maximum absolute atomic E-state index is 5.89. The standard InChI is InChI=1S/C21H21N7OS2/c1-12-7-8-15-13(9-12)10-16(31-15)18-27-28-21(29-18)30-11-17-24-19(22)26-20(25-17)23-14-5-3-2-4-6-14/h2-6,10,12H,7-9,11H2,1H3,(H3,22,23,24,25,26). The van der Waals surface area contributed by atoms with Crippen LogP contribution in [-0.4, -0.2) is 25.1 Å². The van der Waals surface area contributed by atoms with Gasteiger partial charge in [0.25, 0.3) is 11.1 Å². The number of aryl methyl sites for hydroxylation is 1. The summed E-state index contributed by atoms with van der Waals surface area (Å²) in [5.41, 5.74) is 8.16. The van der Waals surface area contributed by atoms with E-state index in [0.717, 1.165) is 29.3 Å². The first-order valence-electron chi connectivity index (χ1n) is 10.0. The molecule has 4 aromatic rings. The van der Waals surface area contributed by atoms with Gasteiger partial charge in [-0.1, -0.05) is 36.9 Å². The van der Waals surface area contributed by atoms with Crippen LogP contribution in [0.25, 0.3) is 10.8 Å². The third kappa shape index (κ3) is 4.70. The Hall–Kier alpha value is -2.98. The van der Waals surface area contributed by atoms with Crippen molar-refractivity contribution >= 4 is 40.7 Å². The lowest BCUT2D eigenvalue weighted by Gasteiger charge is -2.16. The van der Waals surface area contributed by atoms with Crippen LogP contribution in [0.3, 0.4) is 0 Å². The second-order valence-corrected chi connectivity index (χ2v) is 9.56. The number of fused-ring (bicyclic) bond motifs is 1. The van der Waals surface area contributed by atoms with Crippen molar-refractivity contribution < 1.29 is 4.42 Å². The summed E-state index contributed by atoms with van der Waals surface area (Å²) in [5, 5.41) is 12.0. The second-order valence-electron chi connectivity index (χ2n) is 7.49. The van der Waals surface area contributed by atoms with Gasteiger partial charge in [0.2, 0.25) is 11.9 Å². The molecule has 1 aliphatic carbocycles. The number of nitrogens with zero attached hydrogens (tertiary/aromatic N) is 5. The predicted molar refractivity (Wildman–Crippen MR) is 122 cm³/mol. The van der Waals surface area contributed by atoms with E-state index in [2.05, 4.69) is 43.5 Å². The molecule has 3 heterocycles. The van der Waals surface area contributed by atoms with Crippen molar-refractivity contribution in [2.45, 2.75) is 37.2 Å². The van der Waals surface area contributed by atoms with Crippen LogP contribution in [0.15, 0.2) is 46.0 Å². The zero-order valence-corrected chi connectivity index (χ0v) is 18.5. The summed E-state index contributed by atoms with van der Waals surface area (Å²) < 4.78 is 5.89. The third-order valence-corrected chi connectivity index (χ3v) is 7.04. The molecule has 0 saturated carbocycles. The number of benzene rings is 1. The summed E-state index contributed by atoms with van der Waals surface area (Å²) >= 11 is 3.14. The van der Waals surface area contributed by atoms with Crippen molar-refractivity contribution in [3.8, 4) is 10.8 Å². The van der Waals surface area contributed by atoms with Crippen LogP contribution in [0.1, 0.15) is 29.6 Å². The molecule has 0 fully saturated rings. The van der Waals surface area contributed by atoms with Crippen LogP contribution in [0, 0.1) is 5.92 Å². The summed E-state index contributed by atoms with van der Waals surface area (Å²) in [7, 11) is 0. The Bertz CT molecular complexity index is 1190. The van der Waals surface area contributed by atoms with Gasteiger partial charge in [0.15, 0.2) is 0 Å². The van der Waals surface area contributed by atoms with Gasteiger partial charge in [0, 0.05) is 10.6 Å². The van der Waals surface area contributed by atoms with Gasteiger partial charge in [-0.3, -0.25) is 0 Å². The molecule has 158 valence electrons. The number of rotatable bonds is 6. The van der Waals surface area contributed by atoms with Gasteiger partial charge in [0.1, 0.15) is 5.82 Å². The van der Waals surface area contributed by atoms with Crippen molar-refractivity contribution in [1.29, 1.82) is 0 Å². The van der Waals surface area contributed by atoms with Crippen molar-refractivity contribution in [2.75, 3.05) is 11.1 Å². The number of thiophene rings is 1. The molecule has 0 bridgehead atoms. The van der Waals surface area contributed by atoms with E-state index in [1.165, 1.54) is 28.6 Å². The van der Waals surface area contributed by atoms with E-state index in [1.54, 1.807) is 11.3 Å².